The number of benzene rings is 1. The standard InChI is InChI=1S/C21H20Cl2N6O/c1-3-29-9-17-18(10-29)26-21(25-17)20-13-6-12(4-5-16(13)27-28-20)30-11(2)19-14(22)7-24-8-15(19)23/h4-8,11H,3,9-10H2,1-2H3,(H,25,26)(H,27,28). The molecule has 154 valence electrons. The van der Waals surface area contributed by atoms with Gasteiger partial charge in [0, 0.05) is 36.4 Å². The van der Waals surface area contributed by atoms with Crippen LogP contribution in [0.3, 0.4) is 0 Å². The summed E-state index contributed by atoms with van der Waals surface area (Å²) in [6.45, 7) is 6.83. The average molecular weight is 443 g/mol. The molecule has 1 aliphatic heterocycles. The molecular formula is C21H20Cl2N6O. The van der Waals surface area contributed by atoms with E-state index in [-0.39, 0.29) is 6.10 Å². The number of aromatic nitrogens is 5. The third-order valence-electron chi connectivity index (χ3n) is 5.44. The lowest BCUT2D eigenvalue weighted by molar-refractivity contribution is 0.227. The third-order valence-corrected chi connectivity index (χ3v) is 6.04. The van der Waals surface area contributed by atoms with Crippen molar-refractivity contribution in [2.75, 3.05) is 6.54 Å². The second kappa shape index (κ2) is 7.58. The third kappa shape index (κ3) is 3.33. The zero-order valence-electron chi connectivity index (χ0n) is 16.5. The summed E-state index contributed by atoms with van der Waals surface area (Å²) in [5.41, 5.74) is 4.65. The van der Waals surface area contributed by atoms with Gasteiger partial charge in [-0.1, -0.05) is 30.1 Å². The van der Waals surface area contributed by atoms with E-state index in [4.69, 9.17) is 32.9 Å². The number of hydrogen-bond acceptors (Lipinski definition) is 5. The fourth-order valence-electron chi connectivity index (χ4n) is 3.85. The van der Waals surface area contributed by atoms with Crippen LogP contribution in [0, 0.1) is 0 Å². The summed E-state index contributed by atoms with van der Waals surface area (Å²) in [5.74, 6) is 1.46. The van der Waals surface area contributed by atoms with Gasteiger partial charge in [-0.2, -0.15) is 5.10 Å². The Morgan fingerprint density at radius 2 is 2.00 bits per heavy atom. The van der Waals surface area contributed by atoms with Gasteiger partial charge in [-0.3, -0.25) is 15.0 Å². The van der Waals surface area contributed by atoms with Crippen molar-refractivity contribution < 1.29 is 4.74 Å². The molecule has 0 saturated heterocycles. The van der Waals surface area contributed by atoms with Crippen LogP contribution in [0.25, 0.3) is 22.4 Å². The van der Waals surface area contributed by atoms with Gasteiger partial charge in [-0.25, -0.2) is 4.98 Å². The Bertz CT molecular complexity index is 1190. The molecule has 9 heteroatoms. The van der Waals surface area contributed by atoms with Crippen LogP contribution in [0.15, 0.2) is 30.6 Å². The molecule has 4 heterocycles. The number of nitrogens with one attached hydrogen (secondary N) is 2. The second-order valence-corrected chi connectivity index (χ2v) is 8.18. The summed E-state index contributed by atoms with van der Waals surface area (Å²) in [7, 11) is 0. The zero-order chi connectivity index (χ0) is 20.8. The first kappa shape index (κ1) is 19.4. The van der Waals surface area contributed by atoms with E-state index in [1.165, 1.54) is 0 Å². The van der Waals surface area contributed by atoms with E-state index >= 15 is 0 Å². The summed E-state index contributed by atoms with van der Waals surface area (Å²) in [5, 5.41) is 9.45. The number of pyridine rings is 1. The monoisotopic (exact) mass is 442 g/mol. The SMILES string of the molecule is CCN1Cc2nc(-c3n[nH]c4ccc(OC(C)c5c(Cl)cncc5Cl)cc34)[nH]c2C1. The van der Waals surface area contributed by atoms with Crippen LogP contribution in [0.5, 0.6) is 5.75 Å². The highest BCUT2D eigenvalue weighted by Crippen LogP contribution is 2.35. The van der Waals surface area contributed by atoms with E-state index in [1.807, 2.05) is 25.1 Å². The first-order valence-electron chi connectivity index (χ1n) is 9.77. The van der Waals surface area contributed by atoms with Crippen molar-refractivity contribution in [1.29, 1.82) is 0 Å². The van der Waals surface area contributed by atoms with Gasteiger partial charge in [-0.15, -0.1) is 0 Å². The molecular weight excluding hydrogens is 423 g/mol. The largest absolute Gasteiger partial charge is 0.486 e. The van der Waals surface area contributed by atoms with E-state index in [1.54, 1.807) is 12.4 Å². The molecule has 0 fully saturated rings. The molecule has 1 unspecified atom stereocenters. The Hall–Kier alpha value is -2.61. The van der Waals surface area contributed by atoms with Crippen LogP contribution in [0.1, 0.15) is 36.9 Å². The molecule has 3 aromatic heterocycles. The molecule has 1 aromatic carbocycles. The van der Waals surface area contributed by atoms with Crippen molar-refractivity contribution in [3.63, 3.8) is 0 Å². The molecule has 7 nitrogen and oxygen atoms in total. The molecule has 0 spiro atoms. The first-order valence-corrected chi connectivity index (χ1v) is 10.5. The number of nitrogens with zero attached hydrogens (tertiary/aromatic N) is 4. The molecule has 4 aromatic rings. The van der Waals surface area contributed by atoms with Gasteiger partial charge in [-0.05, 0) is 31.7 Å². The molecule has 0 amide bonds. The molecule has 1 atom stereocenters. The molecule has 0 radical (unpaired) electrons. The first-order chi connectivity index (χ1) is 14.5. The number of ether oxygens (including phenoxy) is 1. The van der Waals surface area contributed by atoms with Gasteiger partial charge < -0.3 is 9.72 Å². The molecule has 2 N–H and O–H groups in total. The number of rotatable bonds is 5. The predicted molar refractivity (Wildman–Crippen MR) is 117 cm³/mol. The van der Waals surface area contributed by atoms with Crippen molar-refractivity contribution in [2.24, 2.45) is 0 Å². The number of imidazole rings is 1. The van der Waals surface area contributed by atoms with Crippen molar-refractivity contribution in [1.82, 2.24) is 30.0 Å². The highest BCUT2D eigenvalue weighted by molar-refractivity contribution is 6.35. The van der Waals surface area contributed by atoms with E-state index < -0.39 is 0 Å². The van der Waals surface area contributed by atoms with Crippen LogP contribution in [0.4, 0.5) is 0 Å². The van der Waals surface area contributed by atoms with Crippen LogP contribution in [-0.2, 0) is 13.1 Å². The van der Waals surface area contributed by atoms with Gasteiger partial charge in [0.05, 0.1) is 26.9 Å². The Morgan fingerprint density at radius 3 is 2.73 bits per heavy atom. The fraction of sp³-hybridized carbons (Fsp3) is 0.286. The van der Waals surface area contributed by atoms with Gasteiger partial charge in [0.1, 0.15) is 17.5 Å². The van der Waals surface area contributed by atoms with Gasteiger partial charge in [0.2, 0.25) is 0 Å². The highest BCUT2D eigenvalue weighted by Gasteiger charge is 2.24. The van der Waals surface area contributed by atoms with Gasteiger partial charge in [0.25, 0.3) is 0 Å². The predicted octanol–water partition coefficient (Wildman–Crippen LogP) is 5.13. The Kier molecular flexibility index (Phi) is 4.89. The normalized spacial score (nSPS) is 14.9. The highest BCUT2D eigenvalue weighted by atomic mass is 35.5. The zero-order valence-corrected chi connectivity index (χ0v) is 18.1. The number of fused-ring (bicyclic) bond motifs is 2. The van der Waals surface area contributed by atoms with E-state index in [2.05, 4.69) is 32.0 Å². The van der Waals surface area contributed by atoms with Crippen LogP contribution >= 0.6 is 23.2 Å². The molecule has 0 saturated carbocycles. The number of hydrogen-bond donors (Lipinski definition) is 2. The van der Waals surface area contributed by atoms with Crippen LogP contribution in [0.2, 0.25) is 10.0 Å². The fourth-order valence-corrected chi connectivity index (χ4v) is 4.53. The van der Waals surface area contributed by atoms with Crippen molar-refractivity contribution in [3.8, 4) is 17.3 Å². The molecule has 1 aliphatic rings. The Balaban J connectivity index is 1.46. The molecule has 30 heavy (non-hydrogen) atoms. The number of halogens is 2. The van der Waals surface area contributed by atoms with E-state index in [0.717, 1.165) is 53.4 Å². The second-order valence-electron chi connectivity index (χ2n) is 7.37. The van der Waals surface area contributed by atoms with Crippen LogP contribution in [-0.4, -0.2) is 36.6 Å². The van der Waals surface area contributed by atoms with Crippen molar-refractivity contribution in [2.45, 2.75) is 33.0 Å². The molecule has 0 bridgehead atoms. The maximum Gasteiger partial charge on any atom is 0.159 e. The average Bonchev–Trinajstić information content (AvgIpc) is 3.39. The minimum atomic E-state index is -0.340. The van der Waals surface area contributed by atoms with Crippen molar-refractivity contribution in [3.05, 3.63) is 57.6 Å². The van der Waals surface area contributed by atoms with Crippen molar-refractivity contribution >= 4 is 34.1 Å². The maximum absolute atomic E-state index is 6.27. The Morgan fingerprint density at radius 1 is 1.20 bits per heavy atom. The topological polar surface area (TPSA) is 82.7 Å². The lowest BCUT2D eigenvalue weighted by Gasteiger charge is -2.17. The molecule has 5 rings (SSSR count). The molecule has 0 aliphatic carbocycles. The van der Waals surface area contributed by atoms with Gasteiger partial charge in [0.15, 0.2) is 5.82 Å². The minimum absolute atomic E-state index is 0.340. The Labute approximate surface area is 183 Å². The summed E-state index contributed by atoms with van der Waals surface area (Å²) in [4.78, 5) is 14.6. The van der Waals surface area contributed by atoms with Crippen LogP contribution < -0.4 is 4.74 Å². The lowest BCUT2D eigenvalue weighted by atomic mass is 10.1. The van der Waals surface area contributed by atoms with Gasteiger partial charge >= 0.3 is 0 Å². The summed E-state index contributed by atoms with van der Waals surface area (Å²) in [6, 6.07) is 5.80. The summed E-state index contributed by atoms with van der Waals surface area (Å²) in [6.07, 6.45) is 2.79. The number of H-pyrrole nitrogens is 2. The summed E-state index contributed by atoms with van der Waals surface area (Å²) >= 11 is 12.5. The maximum atomic E-state index is 6.27. The lowest BCUT2D eigenvalue weighted by Crippen LogP contribution is -2.15. The minimum Gasteiger partial charge on any atom is -0.486 e. The number of aromatic amines is 2. The van der Waals surface area contributed by atoms with E-state index in [0.29, 0.717) is 21.4 Å². The quantitative estimate of drug-likeness (QED) is 0.447. The van der Waals surface area contributed by atoms with E-state index in [9.17, 15) is 0 Å². The summed E-state index contributed by atoms with van der Waals surface area (Å²) < 4.78 is 6.14. The smallest absolute Gasteiger partial charge is 0.159 e.